The van der Waals surface area contributed by atoms with Gasteiger partial charge in [-0.3, -0.25) is 0 Å². The van der Waals surface area contributed by atoms with E-state index in [-0.39, 0.29) is 0 Å². The number of para-hydroxylation sites is 4. The number of hydrogen-bond donors (Lipinski definition) is 0. The minimum Gasteiger partial charge on any atom is -0.307 e. The lowest BCUT2D eigenvalue weighted by atomic mass is 10.1. The highest BCUT2D eigenvalue weighted by Gasteiger charge is 2.22. The molecule has 45 heavy (non-hydrogen) atoms. The van der Waals surface area contributed by atoms with E-state index in [9.17, 15) is 0 Å². The number of hydrogen-bond acceptors (Lipinski definition) is 2. The first-order valence-electron chi connectivity index (χ1n) is 15.2. The summed E-state index contributed by atoms with van der Waals surface area (Å²) in [7, 11) is 0. The first-order valence-corrected chi connectivity index (χ1v) is 15.2. The average molecular weight is 576 g/mol. The molecule has 0 spiro atoms. The van der Waals surface area contributed by atoms with Crippen molar-refractivity contribution in [1.82, 2.24) is 23.7 Å². The van der Waals surface area contributed by atoms with Crippen LogP contribution in [0.25, 0.3) is 82.6 Å². The van der Waals surface area contributed by atoms with Gasteiger partial charge in [-0.2, -0.15) is 0 Å². The molecule has 10 rings (SSSR count). The summed E-state index contributed by atoms with van der Waals surface area (Å²) < 4.78 is 7.12. The van der Waals surface area contributed by atoms with E-state index in [1.165, 1.54) is 43.6 Å². The zero-order valence-corrected chi connectivity index (χ0v) is 24.2. The van der Waals surface area contributed by atoms with Gasteiger partial charge < -0.3 is 13.7 Å². The number of aromatic nitrogens is 5. The smallest absolute Gasteiger partial charge is 0.116 e. The Balaban J connectivity index is 1.38. The molecule has 0 fully saturated rings. The van der Waals surface area contributed by atoms with Crippen molar-refractivity contribution in [2.45, 2.75) is 0 Å². The van der Waals surface area contributed by atoms with Gasteiger partial charge in [0.25, 0.3) is 0 Å². The highest BCUT2D eigenvalue weighted by Crippen LogP contribution is 2.42. The standard InChI is InChI=1S/C40H25N5/c1-3-11-26(12-4-1)43-36-22-19-28(23-33(36)38-37(43)24-41-25-42-38)45-35-18-10-8-16-30(35)32-21-20-31-29-15-7-9-17-34(29)44(39(31)40(32)45)27-13-5-2-6-14-27/h1-25H. The predicted molar refractivity (Wildman–Crippen MR) is 185 cm³/mol. The monoisotopic (exact) mass is 575 g/mol. The van der Waals surface area contributed by atoms with E-state index in [0.29, 0.717) is 0 Å². The summed E-state index contributed by atoms with van der Waals surface area (Å²) in [5.74, 6) is 0. The second kappa shape index (κ2) is 9.15. The molecule has 10 aromatic rings. The van der Waals surface area contributed by atoms with Gasteiger partial charge in [-0.25, -0.2) is 9.97 Å². The Kier molecular flexibility index (Phi) is 4.93. The number of fused-ring (bicyclic) bond motifs is 10. The molecule has 210 valence electrons. The van der Waals surface area contributed by atoms with Crippen LogP contribution in [0.5, 0.6) is 0 Å². The summed E-state index contributed by atoms with van der Waals surface area (Å²) in [6.45, 7) is 0. The van der Waals surface area contributed by atoms with E-state index < -0.39 is 0 Å². The van der Waals surface area contributed by atoms with Gasteiger partial charge in [0.15, 0.2) is 0 Å². The van der Waals surface area contributed by atoms with Gasteiger partial charge in [0, 0.05) is 44.0 Å². The van der Waals surface area contributed by atoms with E-state index in [1.807, 2.05) is 12.3 Å². The van der Waals surface area contributed by atoms with Crippen LogP contribution in [0.3, 0.4) is 0 Å². The summed E-state index contributed by atoms with van der Waals surface area (Å²) in [5, 5.41) is 6.03. The maximum Gasteiger partial charge on any atom is 0.116 e. The predicted octanol–water partition coefficient (Wildman–Crippen LogP) is 9.77. The van der Waals surface area contributed by atoms with Crippen LogP contribution in [0.4, 0.5) is 0 Å². The fourth-order valence-corrected chi connectivity index (χ4v) is 7.34. The fraction of sp³-hybridized carbons (Fsp3) is 0. The van der Waals surface area contributed by atoms with Crippen LogP contribution < -0.4 is 0 Å². The molecule has 0 atom stereocenters. The Morgan fingerprint density at radius 3 is 1.56 bits per heavy atom. The van der Waals surface area contributed by atoms with Gasteiger partial charge in [0.05, 0.1) is 44.8 Å². The van der Waals surface area contributed by atoms with E-state index in [4.69, 9.17) is 4.98 Å². The van der Waals surface area contributed by atoms with Crippen LogP contribution in [-0.2, 0) is 0 Å². The van der Waals surface area contributed by atoms with Crippen LogP contribution in [0, 0.1) is 0 Å². The summed E-state index contributed by atoms with van der Waals surface area (Å²) >= 11 is 0. The van der Waals surface area contributed by atoms with Crippen molar-refractivity contribution in [2.75, 3.05) is 0 Å². The molecule has 0 N–H and O–H groups in total. The molecule has 0 aliphatic rings. The third-order valence-electron chi connectivity index (χ3n) is 9.17. The van der Waals surface area contributed by atoms with Crippen molar-refractivity contribution < 1.29 is 0 Å². The normalized spacial score (nSPS) is 12.0. The molecule has 4 aromatic heterocycles. The van der Waals surface area contributed by atoms with Gasteiger partial charge in [0.2, 0.25) is 0 Å². The Morgan fingerprint density at radius 1 is 0.378 bits per heavy atom. The van der Waals surface area contributed by atoms with Gasteiger partial charge in [-0.15, -0.1) is 0 Å². The van der Waals surface area contributed by atoms with Crippen LogP contribution in [0.2, 0.25) is 0 Å². The van der Waals surface area contributed by atoms with Crippen molar-refractivity contribution in [3.8, 4) is 17.1 Å². The summed E-state index contributed by atoms with van der Waals surface area (Å²) in [6, 6.07) is 50.0. The first-order chi connectivity index (χ1) is 22.4. The molecule has 0 saturated heterocycles. The largest absolute Gasteiger partial charge is 0.307 e. The molecular weight excluding hydrogens is 550 g/mol. The van der Waals surface area contributed by atoms with Crippen LogP contribution >= 0.6 is 0 Å². The van der Waals surface area contributed by atoms with Gasteiger partial charge in [0.1, 0.15) is 6.33 Å². The van der Waals surface area contributed by atoms with Crippen LogP contribution in [0.1, 0.15) is 0 Å². The highest BCUT2D eigenvalue weighted by atomic mass is 15.1. The van der Waals surface area contributed by atoms with Crippen molar-refractivity contribution in [3.05, 3.63) is 152 Å². The molecule has 0 radical (unpaired) electrons. The Bertz CT molecular complexity index is 2750. The second-order valence-corrected chi connectivity index (χ2v) is 11.5. The fourth-order valence-electron chi connectivity index (χ4n) is 7.34. The highest BCUT2D eigenvalue weighted by molar-refractivity contribution is 6.24. The van der Waals surface area contributed by atoms with Crippen LogP contribution in [-0.4, -0.2) is 23.7 Å². The van der Waals surface area contributed by atoms with E-state index in [0.717, 1.165) is 39.0 Å². The first kappa shape index (κ1) is 24.3. The molecule has 4 heterocycles. The quantitative estimate of drug-likeness (QED) is 0.210. The molecule has 0 saturated carbocycles. The minimum absolute atomic E-state index is 0.940. The molecular formula is C40H25N5. The van der Waals surface area contributed by atoms with Gasteiger partial charge in [-0.1, -0.05) is 84.9 Å². The molecule has 0 aliphatic heterocycles. The van der Waals surface area contributed by atoms with Crippen molar-refractivity contribution >= 4 is 65.5 Å². The molecule has 5 heteroatoms. The zero-order chi connectivity index (χ0) is 29.5. The number of rotatable bonds is 3. The molecule has 0 unspecified atom stereocenters. The maximum atomic E-state index is 4.79. The maximum absolute atomic E-state index is 4.79. The van der Waals surface area contributed by atoms with Crippen molar-refractivity contribution in [3.63, 3.8) is 0 Å². The lowest BCUT2D eigenvalue weighted by molar-refractivity contribution is 1.14. The number of benzene rings is 6. The van der Waals surface area contributed by atoms with E-state index in [1.54, 1.807) is 6.33 Å². The lowest BCUT2D eigenvalue weighted by Crippen LogP contribution is -1.99. The minimum atomic E-state index is 0.940. The summed E-state index contributed by atoms with van der Waals surface area (Å²) in [6.07, 6.45) is 3.56. The third-order valence-corrected chi connectivity index (χ3v) is 9.17. The molecule has 5 nitrogen and oxygen atoms in total. The van der Waals surface area contributed by atoms with Crippen molar-refractivity contribution in [2.24, 2.45) is 0 Å². The van der Waals surface area contributed by atoms with E-state index in [2.05, 4.69) is 152 Å². The van der Waals surface area contributed by atoms with Gasteiger partial charge >= 0.3 is 0 Å². The third kappa shape index (κ3) is 3.32. The summed E-state index contributed by atoms with van der Waals surface area (Å²) in [4.78, 5) is 9.19. The summed E-state index contributed by atoms with van der Waals surface area (Å²) in [5.41, 5.74) is 11.1. The Labute approximate surface area is 257 Å². The zero-order valence-electron chi connectivity index (χ0n) is 24.2. The molecule has 0 bridgehead atoms. The van der Waals surface area contributed by atoms with E-state index >= 15 is 0 Å². The van der Waals surface area contributed by atoms with Gasteiger partial charge in [-0.05, 0) is 54.6 Å². The topological polar surface area (TPSA) is 40.6 Å². The molecule has 0 aliphatic carbocycles. The second-order valence-electron chi connectivity index (χ2n) is 11.5. The molecule has 0 amide bonds. The van der Waals surface area contributed by atoms with Crippen molar-refractivity contribution in [1.29, 1.82) is 0 Å². The molecule has 6 aromatic carbocycles. The lowest BCUT2D eigenvalue weighted by Gasteiger charge is -2.13. The SMILES string of the molecule is c1ccc(-n2c3ccc(-n4c5ccccc5c5ccc6c7ccccc7n(-c7ccccc7)c6c54)cc3c3ncncc32)cc1. The Morgan fingerprint density at radius 2 is 0.911 bits per heavy atom. The average Bonchev–Trinajstić information content (AvgIpc) is 3.74. The van der Waals surface area contributed by atoms with Crippen LogP contribution in [0.15, 0.2) is 152 Å². The number of nitrogens with zero attached hydrogens (tertiary/aromatic N) is 5. The Hall–Kier alpha value is -6.20.